The zero-order valence-electron chi connectivity index (χ0n) is 11.3. The summed E-state index contributed by atoms with van der Waals surface area (Å²) in [5.74, 6) is 1.06. The maximum atomic E-state index is 12.5. The normalized spacial score (nSPS) is 35.0. The lowest BCUT2D eigenvalue weighted by atomic mass is 9.98. The van der Waals surface area contributed by atoms with E-state index in [0.29, 0.717) is 11.1 Å². The summed E-state index contributed by atoms with van der Waals surface area (Å²) in [5.41, 5.74) is 0.782. The van der Waals surface area contributed by atoms with Crippen LogP contribution in [0.15, 0.2) is 24.3 Å². The summed E-state index contributed by atoms with van der Waals surface area (Å²) in [6.45, 7) is 0. The molecule has 3 aliphatic heterocycles. The predicted molar refractivity (Wildman–Crippen MR) is 77.0 cm³/mol. The highest BCUT2D eigenvalue weighted by atomic mass is 32.2. The molecule has 2 amide bonds. The van der Waals surface area contributed by atoms with Crippen LogP contribution in [0.1, 0.15) is 27.1 Å². The first-order valence-electron chi connectivity index (χ1n) is 7.06. The molecule has 1 aromatic carbocycles. The van der Waals surface area contributed by atoms with Gasteiger partial charge in [0.05, 0.1) is 17.2 Å². The number of imide groups is 1. The van der Waals surface area contributed by atoms with Gasteiger partial charge in [-0.05, 0) is 24.3 Å². The van der Waals surface area contributed by atoms with E-state index < -0.39 is 12.3 Å². The molecule has 3 heterocycles. The summed E-state index contributed by atoms with van der Waals surface area (Å²) < 4.78 is 5.85. The molecule has 0 aromatic heterocycles. The first-order chi connectivity index (χ1) is 10.2. The fourth-order valence-corrected chi connectivity index (χ4v) is 4.60. The summed E-state index contributed by atoms with van der Waals surface area (Å²) in [7, 11) is 0. The number of fused-ring (bicyclic) bond motifs is 2. The van der Waals surface area contributed by atoms with Crippen molar-refractivity contribution >= 4 is 23.6 Å². The number of aliphatic hydroxyl groups excluding tert-OH is 1. The monoisotopic (exact) mass is 305 g/mol. The first-order valence-corrected chi connectivity index (χ1v) is 8.22. The number of ether oxygens (including phenoxy) is 1. The first kappa shape index (κ1) is 13.3. The average molecular weight is 305 g/mol. The summed E-state index contributed by atoms with van der Waals surface area (Å²) in [5, 5.41) is 10.5. The minimum atomic E-state index is -0.855. The topological polar surface area (TPSA) is 66.8 Å². The number of thioether (sulfide) groups is 1. The molecule has 0 aliphatic carbocycles. The van der Waals surface area contributed by atoms with Crippen molar-refractivity contribution in [3.8, 4) is 0 Å². The summed E-state index contributed by atoms with van der Waals surface area (Å²) >= 11 is 1.78. The van der Waals surface area contributed by atoms with Gasteiger partial charge in [-0.15, -0.1) is 0 Å². The molecular formula is C15H15NO4S. The Morgan fingerprint density at radius 2 is 1.86 bits per heavy atom. The van der Waals surface area contributed by atoms with Gasteiger partial charge in [0.15, 0.2) is 6.23 Å². The van der Waals surface area contributed by atoms with Crippen LogP contribution in [0.3, 0.4) is 0 Å². The van der Waals surface area contributed by atoms with E-state index in [4.69, 9.17) is 4.74 Å². The van der Waals surface area contributed by atoms with E-state index in [0.717, 1.165) is 22.8 Å². The third kappa shape index (κ3) is 1.86. The molecular weight excluding hydrogens is 290 g/mol. The van der Waals surface area contributed by atoms with Gasteiger partial charge < -0.3 is 9.84 Å². The smallest absolute Gasteiger partial charge is 0.263 e. The molecule has 2 saturated heterocycles. The standard InChI is InChI=1S/C15H15NO4S/c17-12-10-7-21-6-5-11(10)20-15(12)16-13(18)8-3-1-2-4-9(8)14(16)19/h1-4,10-12,15,17H,5-7H2/t10-,11-,12-,15+/m1/s1. The van der Waals surface area contributed by atoms with E-state index in [1.165, 1.54) is 0 Å². The van der Waals surface area contributed by atoms with E-state index in [-0.39, 0.29) is 23.8 Å². The Balaban J connectivity index is 1.66. The SMILES string of the molecule is O=C1c2ccccc2C(=O)N1[C@H]1O[C@@H]2CCSC[C@H]2[C@H]1O. The largest absolute Gasteiger partial charge is 0.388 e. The molecule has 4 atom stereocenters. The number of aliphatic hydroxyl groups is 1. The zero-order valence-corrected chi connectivity index (χ0v) is 12.1. The van der Waals surface area contributed by atoms with Gasteiger partial charge in [-0.2, -0.15) is 11.8 Å². The quantitative estimate of drug-likeness (QED) is 0.788. The molecule has 2 fully saturated rings. The van der Waals surface area contributed by atoms with Crippen molar-refractivity contribution in [2.45, 2.75) is 24.9 Å². The summed E-state index contributed by atoms with van der Waals surface area (Å²) in [6.07, 6.45) is -0.863. The van der Waals surface area contributed by atoms with E-state index in [1.807, 2.05) is 0 Å². The van der Waals surface area contributed by atoms with E-state index in [2.05, 4.69) is 0 Å². The van der Waals surface area contributed by atoms with Gasteiger partial charge in [0.1, 0.15) is 6.10 Å². The number of carbonyl (C=O) groups is 2. The lowest BCUT2D eigenvalue weighted by molar-refractivity contribution is -0.0608. The van der Waals surface area contributed by atoms with E-state index in [9.17, 15) is 14.7 Å². The second kappa shape index (κ2) is 4.83. The fourth-order valence-electron chi connectivity index (χ4n) is 3.35. The molecule has 5 nitrogen and oxygen atoms in total. The van der Waals surface area contributed by atoms with Crippen LogP contribution in [0.4, 0.5) is 0 Å². The Morgan fingerprint density at radius 1 is 1.19 bits per heavy atom. The van der Waals surface area contributed by atoms with Crippen LogP contribution < -0.4 is 0 Å². The summed E-state index contributed by atoms with van der Waals surface area (Å²) in [6, 6.07) is 6.74. The molecule has 6 heteroatoms. The van der Waals surface area contributed by atoms with E-state index in [1.54, 1.807) is 36.0 Å². The maximum Gasteiger partial charge on any atom is 0.263 e. The second-order valence-electron chi connectivity index (χ2n) is 5.61. The van der Waals surface area contributed by atoms with Crippen LogP contribution in [0.25, 0.3) is 0 Å². The molecule has 0 saturated carbocycles. The van der Waals surface area contributed by atoms with Crippen molar-refractivity contribution in [2.24, 2.45) is 5.92 Å². The van der Waals surface area contributed by atoms with Gasteiger partial charge in [-0.3, -0.25) is 9.59 Å². The molecule has 3 aliphatic rings. The Labute approximate surface area is 126 Å². The number of benzene rings is 1. The van der Waals surface area contributed by atoms with Crippen molar-refractivity contribution in [1.82, 2.24) is 4.90 Å². The fraction of sp³-hybridized carbons (Fsp3) is 0.467. The number of hydrogen-bond acceptors (Lipinski definition) is 5. The van der Waals surface area contributed by atoms with Gasteiger partial charge in [0.2, 0.25) is 0 Å². The van der Waals surface area contributed by atoms with Crippen molar-refractivity contribution in [1.29, 1.82) is 0 Å². The Hall–Kier alpha value is -1.37. The molecule has 1 N–H and O–H groups in total. The van der Waals surface area contributed by atoms with Crippen LogP contribution in [0.5, 0.6) is 0 Å². The van der Waals surface area contributed by atoms with Crippen LogP contribution in [0.2, 0.25) is 0 Å². The Morgan fingerprint density at radius 3 is 2.48 bits per heavy atom. The molecule has 0 bridgehead atoms. The Kier molecular flexibility index (Phi) is 3.06. The van der Waals surface area contributed by atoms with Gasteiger partial charge in [-0.25, -0.2) is 4.90 Å². The lowest BCUT2D eigenvalue weighted by Gasteiger charge is -2.25. The maximum absolute atomic E-state index is 12.5. The number of amides is 2. The molecule has 110 valence electrons. The summed E-state index contributed by atoms with van der Waals surface area (Å²) in [4.78, 5) is 26.0. The van der Waals surface area contributed by atoms with Crippen LogP contribution in [0, 0.1) is 5.92 Å². The molecule has 4 rings (SSSR count). The highest BCUT2D eigenvalue weighted by Crippen LogP contribution is 2.39. The highest BCUT2D eigenvalue weighted by molar-refractivity contribution is 7.99. The van der Waals surface area contributed by atoms with Gasteiger partial charge >= 0.3 is 0 Å². The van der Waals surface area contributed by atoms with Crippen LogP contribution in [-0.4, -0.2) is 51.8 Å². The van der Waals surface area contributed by atoms with Gasteiger partial charge in [-0.1, -0.05) is 12.1 Å². The Bertz CT molecular complexity index is 584. The molecule has 21 heavy (non-hydrogen) atoms. The lowest BCUT2D eigenvalue weighted by Crippen LogP contribution is -2.46. The van der Waals surface area contributed by atoms with Crippen LogP contribution >= 0.6 is 11.8 Å². The number of rotatable bonds is 1. The van der Waals surface area contributed by atoms with E-state index >= 15 is 0 Å². The van der Waals surface area contributed by atoms with Crippen molar-refractivity contribution in [3.63, 3.8) is 0 Å². The predicted octanol–water partition coefficient (Wildman–Crippen LogP) is 1.12. The van der Waals surface area contributed by atoms with Crippen molar-refractivity contribution in [2.75, 3.05) is 11.5 Å². The number of hydrogen-bond donors (Lipinski definition) is 1. The third-order valence-corrected chi connectivity index (χ3v) is 5.60. The zero-order chi connectivity index (χ0) is 14.6. The number of nitrogens with zero attached hydrogens (tertiary/aromatic N) is 1. The minimum Gasteiger partial charge on any atom is -0.388 e. The molecule has 0 spiro atoms. The molecule has 1 aromatic rings. The second-order valence-corrected chi connectivity index (χ2v) is 6.76. The van der Waals surface area contributed by atoms with Crippen molar-refractivity contribution < 1.29 is 19.4 Å². The third-order valence-electron chi connectivity index (χ3n) is 4.46. The molecule has 0 unspecified atom stereocenters. The molecule has 0 radical (unpaired) electrons. The van der Waals surface area contributed by atoms with Crippen molar-refractivity contribution in [3.05, 3.63) is 35.4 Å². The highest BCUT2D eigenvalue weighted by Gasteiger charge is 2.52. The average Bonchev–Trinajstić information content (AvgIpc) is 2.96. The number of carbonyl (C=O) groups excluding carboxylic acids is 2. The van der Waals surface area contributed by atoms with Crippen LogP contribution in [-0.2, 0) is 4.74 Å². The van der Waals surface area contributed by atoms with Gasteiger partial charge in [0.25, 0.3) is 11.8 Å². The van der Waals surface area contributed by atoms with Gasteiger partial charge in [0, 0.05) is 11.7 Å². The minimum absolute atomic E-state index is 0.00179.